The molecule has 7 heteroatoms. The first kappa shape index (κ1) is 20.7. The smallest absolute Gasteiger partial charge is 0.257 e. The van der Waals surface area contributed by atoms with Gasteiger partial charge in [0.15, 0.2) is 10.7 Å². The number of benzene rings is 3. The molecule has 2 N–H and O–H groups in total. The van der Waals surface area contributed by atoms with Crippen molar-refractivity contribution in [1.29, 1.82) is 0 Å². The molecule has 156 valence electrons. The van der Waals surface area contributed by atoms with Crippen LogP contribution in [0.2, 0.25) is 0 Å². The SMILES string of the molecule is CC(C)c1ccc2oc(-c3cccc(NC(=S)NC(=O)c4cccc(F)c4)c3)nc2c1. The standard InChI is InChI=1S/C24H20FN3O2S/c1-14(2)15-9-10-21-20(13-15)27-23(30-21)17-6-4-8-19(12-17)26-24(31)28-22(29)16-5-3-7-18(25)11-16/h3-14H,1-2H3,(H2,26,28,29,31). The number of oxazole rings is 1. The summed E-state index contributed by atoms with van der Waals surface area (Å²) in [7, 11) is 0. The van der Waals surface area contributed by atoms with Crippen molar-refractivity contribution in [3.8, 4) is 11.5 Å². The second kappa shape index (κ2) is 8.65. The lowest BCUT2D eigenvalue weighted by Crippen LogP contribution is -2.34. The van der Waals surface area contributed by atoms with Crippen LogP contribution >= 0.6 is 12.2 Å². The van der Waals surface area contributed by atoms with Crippen LogP contribution < -0.4 is 10.6 Å². The summed E-state index contributed by atoms with van der Waals surface area (Å²) in [5.41, 5.74) is 4.33. The summed E-state index contributed by atoms with van der Waals surface area (Å²) in [5, 5.41) is 5.61. The summed E-state index contributed by atoms with van der Waals surface area (Å²) in [5.74, 6) is -0.0823. The summed E-state index contributed by atoms with van der Waals surface area (Å²) in [6.45, 7) is 4.26. The molecule has 0 atom stereocenters. The number of nitrogens with one attached hydrogen (secondary N) is 2. The van der Waals surface area contributed by atoms with Gasteiger partial charge in [-0.3, -0.25) is 10.1 Å². The number of hydrogen-bond donors (Lipinski definition) is 2. The first-order valence-corrected chi connectivity index (χ1v) is 10.2. The van der Waals surface area contributed by atoms with E-state index in [0.717, 1.165) is 22.7 Å². The minimum absolute atomic E-state index is 0.102. The largest absolute Gasteiger partial charge is 0.436 e. The third-order valence-electron chi connectivity index (χ3n) is 4.76. The Morgan fingerprint density at radius 2 is 1.87 bits per heavy atom. The van der Waals surface area contributed by atoms with E-state index >= 15 is 0 Å². The van der Waals surface area contributed by atoms with Gasteiger partial charge in [-0.05, 0) is 72.2 Å². The highest BCUT2D eigenvalue weighted by Crippen LogP contribution is 2.28. The molecule has 31 heavy (non-hydrogen) atoms. The first-order chi connectivity index (χ1) is 14.9. The van der Waals surface area contributed by atoms with Gasteiger partial charge in [-0.25, -0.2) is 9.37 Å². The Labute approximate surface area is 184 Å². The summed E-state index contributed by atoms with van der Waals surface area (Å²) in [6, 6.07) is 18.8. The molecule has 0 saturated carbocycles. The van der Waals surface area contributed by atoms with Crippen molar-refractivity contribution in [2.24, 2.45) is 0 Å². The van der Waals surface area contributed by atoms with Crippen LogP contribution in [0.4, 0.5) is 10.1 Å². The van der Waals surface area contributed by atoms with Crippen LogP contribution in [0.25, 0.3) is 22.6 Å². The molecule has 0 aliphatic rings. The van der Waals surface area contributed by atoms with Crippen LogP contribution in [0.1, 0.15) is 35.7 Å². The molecular weight excluding hydrogens is 413 g/mol. The fourth-order valence-electron chi connectivity index (χ4n) is 3.12. The van der Waals surface area contributed by atoms with E-state index in [9.17, 15) is 9.18 Å². The normalized spacial score (nSPS) is 11.0. The molecule has 0 radical (unpaired) electrons. The fourth-order valence-corrected chi connectivity index (χ4v) is 3.33. The predicted molar refractivity (Wildman–Crippen MR) is 124 cm³/mol. The Bertz CT molecular complexity index is 1280. The van der Waals surface area contributed by atoms with Crippen LogP contribution in [0, 0.1) is 5.82 Å². The molecule has 4 rings (SSSR count). The number of carbonyl (C=O) groups is 1. The third-order valence-corrected chi connectivity index (χ3v) is 4.96. The van der Waals surface area contributed by atoms with Gasteiger partial charge in [-0.15, -0.1) is 0 Å². The van der Waals surface area contributed by atoms with E-state index in [2.05, 4.69) is 29.5 Å². The maximum absolute atomic E-state index is 13.3. The molecule has 1 amide bonds. The number of hydrogen-bond acceptors (Lipinski definition) is 4. The molecule has 5 nitrogen and oxygen atoms in total. The van der Waals surface area contributed by atoms with Crippen molar-refractivity contribution in [3.05, 3.63) is 83.7 Å². The lowest BCUT2D eigenvalue weighted by molar-refractivity contribution is 0.0977. The predicted octanol–water partition coefficient (Wildman–Crippen LogP) is 5.88. The number of fused-ring (bicyclic) bond motifs is 1. The molecule has 0 unspecified atom stereocenters. The number of thiocarbonyl (C=S) groups is 1. The minimum atomic E-state index is -0.493. The molecule has 0 aliphatic carbocycles. The summed E-state index contributed by atoms with van der Waals surface area (Å²) >= 11 is 5.22. The van der Waals surface area contributed by atoms with Crippen LogP contribution in [-0.2, 0) is 0 Å². The highest BCUT2D eigenvalue weighted by Gasteiger charge is 2.12. The van der Waals surface area contributed by atoms with Gasteiger partial charge in [0.2, 0.25) is 5.89 Å². The van der Waals surface area contributed by atoms with E-state index in [-0.39, 0.29) is 10.7 Å². The van der Waals surface area contributed by atoms with Crippen LogP contribution in [0.3, 0.4) is 0 Å². The molecule has 0 fully saturated rings. The van der Waals surface area contributed by atoms with Gasteiger partial charge < -0.3 is 9.73 Å². The van der Waals surface area contributed by atoms with E-state index in [4.69, 9.17) is 16.6 Å². The van der Waals surface area contributed by atoms with Crippen molar-refractivity contribution in [1.82, 2.24) is 10.3 Å². The zero-order valence-corrected chi connectivity index (χ0v) is 17.8. The van der Waals surface area contributed by atoms with Crippen LogP contribution in [0.5, 0.6) is 0 Å². The molecule has 0 spiro atoms. The number of halogens is 1. The van der Waals surface area contributed by atoms with Crippen molar-refractivity contribution >= 4 is 40.0 Å². The summed E-state index contributed by atoms with van der Waals surface area (Å²) in [6.07, 6.45) is 0. The average molecular weight is 434 g/mol. The summed E-state index contributed by atoms with van der Waals surface area (Å²) in [4.78, 5) is 16.8. The van der Waals surface area contributed by atoms with Gasteiger partial charge in [0.05, 0.1) is 0 Å². The van der Waals surface area contributed by atoms with Crippen molar-refractivity contribution in [2.75, 3.05) is 5.32 Å². The Hall–Kier alpha value is -3.58. The lowest BCUT2D eigenvalue weighted by atomic mass is 10.0. The number of amides is 1. The molecule has 4 aromatic rings. The second-order valence-electron chi connectivity index (χ2n) is 7.40. The van der Waals surface area contributed by atoms with Crippen molar-refractivity contribution in [2.45, 2.75) is 19.8 Å². The van der Waals surface area contributed by atoms with Gasteiger partial charge in [0.1, 0.15) is 11.3 Å². The van der Waals surface area contributed by atoms with Gasteiger partial charge >= 0.3 is 0 Å². The Kier molecular flexibility index (Phi) is 5.77. The Morgan fingerprint density at radius 1 is 1.06 bits per heavy atom. The van der Waals surface area contributed by atoms with Gasteiger partial charge in [-0.1, -0.05) is 32.0 Å². The number of aromatic nitrogens is 1. The molecule has 0 bridgehead atoms. The monoisotopic (exact) mass is 433 g/mol. The van der Waals surface area contributed by atoms with E-state index < -0.39 is 11.7 Å². The van der Waals surface area contributed by atoms with E-state index in [1.54, 1.807) is 0 Å². The first-order valence-electron chi connectivity index (χ1n) is 9.78. The fraction of sp³-hybridized carbons (Fsp3) is 0.125. The zero-order valence-electron chi connectivity index (χ0n) is 17.0. The van der Waals surface area contributed by atoms with Gasteiger partial charge in [0.25, 0.3) is 5.91 Å². The number of nitrogens with zero attached hydrogens (tertiary/aromatic N) is 1. The maximum Gasteiger partial charge on any atom is 0.257 e. The van der Waals surface area contributed by atoms with E-state index in [1.165, 1.54) is 23.8 Å². The number of rotatable bonds is 4. The molecular formula is C24H20FN3O2S. The molecule has 0 saturated heterocycles. The summed E-state index contributed by atoms with van der Waals surface area (Å²) < 4.78 is 19.2. The highest BCUT2D eigenvalue weighted by atomic mass is 32.1. The van der Waals surface area contributed by atoms with Gasteiger partial charge in [0, 0.05) is 16.8 Å². The molecule has 1 heterocycles. The Balaban J connectivity index is 1.50. The quantitative estimate of drug-likeness (QED) is 0.393. The van der Waals surface area contributed by atoms with Crippen LogP contribution in [-0.4, -0.2) is 16.0 Å². The Morgan fingerprint density at radius 3 is 2.65 bits per heavy atom. The van der Waals surface area contributed by atoms with E-state index in [1.807, 2.05) is 42.5 Å². The second-order valence-corrected chi connectivity index (χ2v) is 7.81. The maximum atomic E-state index is 13.3. The van der Waals surface area contributed by atoms with Gasteiger partial charge in [-0.2, -0.15) is 0 Å². The number of carbonyl (C=O) groups excluding carboxylic acids is 1. The number of anilines is 1. The third kappa shape index (κ3) is 4.78. The van der Waals surface area contributed by atoms with Crippen LogP contribution in [0.15, 0.2) is 71.1 Å². The topological polar surface area (TPSA) is 67.2 Å². The minimum Gasteiger partial charge on any atom is -0.436 e. The van der Waals surface area contributed by atoms with Crippen molar-refractivity contribution < 1.29 is 13.6 Å². The molecule has 3 aromatic carbocycles. The van der Waals surface area contributed by atoms with Crippen molar-refractivity contribution in [3.63, 3.8) is 0 Å². The lowest BCUT2D eigenvalue weighted by Gasteiger charge is -2.10. The average Bonchev–Trinajstić information content (AvgIpc) is 3.17. The van der Waals surface area contributed by atoms with E-state index in [0.29, 0.717) is 17.5 Å². The zero-order chi connectivity index (χ0) is 22.0. The molecule has 1 aromatic heterocycles. The highest BCUT2D eigenvalue weighted by molar-refractivity contribution is 7.80. The molecule has 0 aliphatic heterocycles.